The van der Waals surface area contributed by atoms with Crippen molar-refractivity contribution in [1.82, 2.24) is 39.7 Å². The summed E-state index contributed by atoms with van der Waals surface area (Å²) in [5, 5.41) is 40.3. The summed E-state index contributed by atoms with van der Waals surface area (Å²) in [6, 6.07) is 38.2. The average molecular weight is 985 g/mol. The predicted molar refractivity (Wildman–Crippen MR) is 286 cm³/mol. The number of hydrogen-bond acceptors (Lipinski definition) is 12. The normalized spacial score (nSPS) is 22.6. The molecule has 0 fully saturated rings. The fourth-order valence-corrected chi connectivity index (χ4v) is 13.1. The molecule has 0 saturated heterocycles. The molecule has 12 rings (SSSR count). The highest BCUT2D eigenvalue weighted by Crippen LogP contribution is 2.55. The van der Waals surface area contributed by atoms with Crippen molar-refractivity contribution in [3.8, 4) is 68.3 Å². The van der Waals surface area contributed by atoms with Gasteiger partial charge in [0.2, 0.25) is 0 Å². The Balaban J connectivity index is 0.861. The number of carbonyl (C=O) groups excluding carboxylic acids is 2. The summed E-state index contributed by atoms with van der Waals surface area (Å²) in [5.41, 5.74) is 26.7. The lowest BCUT2D eigenvalue weighted by atomic mass is 9.56. The number of carbonyl (C=O) groups is 2. The number of aryl methyl sites for hydroxylation is 1. The number of para-hydroxylation sites is 2. The molecule has 4 aliphatic rings. The van der Waals surface area contributed by atoms with Crippen LogP contribution in [0.3, 0.4) is 0 Å². The van der Waals surface area contributed by atoms with Crippen LogP contribution in [0.2, 0.25) is 0 Å². The molecule has 4 N–H and O–H groups in total. The van der Waals surface area contributed by atoms with Crippen LogP contribution >= 0.6 is 0 Å². The van der Waals surface area contributed by atoms with Crippen LogP contribution in [0, 0.1) is 46.3 Å². The fraction of sp³-hybridized carbons (Fsp3) is 0.246. The van der Waals surface area contributed by atoms with Gasteiger partial charge in [0, 0.05) is 79.8 Å². The number of nitrogen functional groups attached to an aromatic ring is 2. The summed E-state index contributed by atoms with van der Waals surface area (Å²) in [6.45, 7) is 6.22. The zero-order valence-electron chi connectivity index (χ0n) is 41.8. The fourth-order valence-electron chi connectivity index (χ4n) is 13.1. The first-order valence-electron chi connectivity index (χ1n) is 25.5. The smallest absolute Gasteiger partial charge is 0.176 e. The average Bonchev–Trinajstić information content (AvgIpc) is 4.04. The van der Waals surface area contributed by atoms with Gasteiger partial charge in [-0.2, -0.15) is 30.9 Å². The molecule has 4 heterocycles. The van der Waals surface area contributed by atoms with E-state index in [4.69, 9.17) is 21.7 Å². The second kappa shape index (κ2) is 18.1. The van der Waals surface area contributed by atoms with Crippen molar-refractivity contribution in [2.45, 2.75) is 70.1 Å². The van der Waals surface area contributed by atoms with E-state index in [0.29, 0.717) is 43.5 Å². The van der Waals surface area contributed by atoms with Gasteiger partial charge >= 0.3 is 0 Å². The number of anilines is 2. The highest BCUT2D eigenvalue weighted by atomic mass is 16.1. The number of nitrogens with two attached hydrogens (primary N) is 2. The van der Waals surface area contributed by atoms with Crippen LogP contribution in [0.4, 0.5) is 11.4 Å². The molecule has 0 amide bonds. The number of benzene rings is 4. The summed E-state index contributed by atoms with van der Waals surface area (Å²) in [4.78, 5) is 36.2. The molecular weight excluding hydrogens is 933 g/mol. The summed E-state index contributed by atoms with van der Waals surface area (Å²) < 4.78 is 3.97. The Labute approximate surface area is 434 Å². The number of aromatic nitrogens is 8. The van der Waals surface area contributed by atoms with Crippen molar-refractivity contribution in [3.63, 3.8) is 0 Å². The first-order valence-corrected chi connectivity index (χ1v) is 25.5. The first-order chi connectivity index (χ1) is 36.4. The monoisotopic (exact) mass is 984 g/mol. The van der Waals surface area contributed by atoms with Crippen molar-refractivity contribution in [1.29, 1.82) is 10.5 Å². The Morgan fingerprint density at radius 2 is 1.15 bits per heavy atom. The molecule has 0 aliphatic heterocycles. The van der Waals surface area contributed by atoms with Crippen LogP contribution in [0.25, 0.3) is 56.1 Å². The van der Waals surface area contributed by atoms with Crippen LogP contribution in [-0.4, -0.2) is 51.3 Å². The maximum atomic E-state index is 14.4. The quantitative estimate of drug-likeness (QED) is 0.129. The highest BCUT2D eigenvalue weighted by Gasteiger charge is 2.53. The molecule has 14 nitrogen and oxygen atoms in total. The number of Topliss-reactive ketones (excluding diaryl/α,β-unsaturated/α-hetero) is 2. The van der Waals surface area contributed by atoms with E-state index in [1.165, 1.54) is 6.33 Å². The topological polar surface area (TPSA) is 221 Å². The van der Waals surface area contributed by atoms with Crippen molar-refractivity contribution in [3.05, 3.63) is 180 Å². The molecule has 368 valence electrons. The zero-order valence-corrected chi connectivity index (χ0v) is 41.8. The number of fused-ring (bicyclic) bond motifs is 6. The maximum absolute atomic E-state index is 14.4. The third-order valence-corrected chi connectivity index (χ3v) is 16.7. The minimum atomic E-state index is -0.741. The van der Waals surface area contributed by atoms with Crippen LogP contribution in [-0.2, 0) is 39.7 Å². The molecule has 4 aromatic heterocycles. The van der Waals surface area contributed by atoms with E-state index in [2.05, 4.69) is 46.2 Å². The van der Waals surface area contributed by atoms with Crippen molar-refractivity contribution < 1.29 is 9.59 Å². The third kappa shape index (κ3) is 7.58. The third-order valence-electron chi connectivity index (χ3n) is 16.7. The van der Waals surface area contributed by atoms with E-state index < -0.39 is 16.7 Å². The molecule has 0 unspecified atom stereocenters. The Morgan fingerprint density at radius 1 is 0.640 bits per heavy atom. The Hall–Kier alpha value is -9.14. The van der Waals surface area contributed by atoms with E-state index in [1.807, 2.05) is 132 Å². The standard InChI is InChI=1S/C61H52N12O2/c1-35-50-24-22-48-54(46-8-4-6-10-52(46)64)70-72(58(48)60(50,2)27-39(29-62)56(35)74)43-17-12-36(13-18-43)38-26-42(69-68-33-38)16-21-45-51-25-23-49-55(47-9-5-7-11-53(47)65)71-73(59(49)61(51,3)28-40(30-63)57(45)75)44-19-14-37(15-20-44)41-31-66-34-67-32-41/h4-15,17-20,26-28,31-35,45,50-51H,16,21-25,64-65H2,1-3H3/t35-,45-,50-,51-,60-,61-/m1/s1. The largest absolute Gasteiger partial charge is 0.398 e. The predicted octanol–water partition coefficient (Wildman–Crippen LogP) is 10.1. The number of ketones is 2. The minimum Gasteiger partial charge on any atom is -0.398 e. The first kappa shape index (κ1) is 46.9. The summed E-state index contributed by atoms with van der Waals surface area (Å²) in [7, 11) is 0. The number of rotatable bonds is 9. The molecule has 14 heteroatoms. The van der Waals surface area contributed by atoms with Crippen LogP contribution in [0.15, 0.2) is 151 Å². The van der Waals surface area contributed by atoms with E-state index in [-0.39, 0.29) is 40.5 Å². The Bertz CT molecular complexity index is 3780. The van der Waals surface area contributed by atoms with Gasteiger partial charge in [-0.15, -0.1) is 0 Å². The van der Waals surface area contributed by atoms with Gasteiger partial charge in [-0.1, -0.05) is 93.6 Å². The van der Waals surface area contributed by atoms with Gasteiger partial charge < -0.3 is 11.5 Å². The zero-order chi connectivity index (χ0) is 51.8. The molecule has 8 aromatic rings. The lowest BCUT2D eigenvalue weighted by Gasteiger charge is -2.46. The van der Waals surface area contributed by atoms with Crippen LogP contribution < -0.4 is 11.5 Å². The maximum Gasteiger partial charge on any atom is 0.176 e. The second-order valence-electron chi connectivity index (χ2n) is 20.9. The molecule has 6 atom stereocenters. The highest BCUT2D eigenvalue weighted by molar-refractivity contribution is 6.03. The van der Waals surface area contributed by atoms with E-state index in [0.717, 1.165) is 90.8 Å². The van der Waals surface area contributed by atoms with E-state index in [1.54, 1.807) is 18.6 Å². The molecule has 75 heavy (non-hydrogen) atoms. The van der Waals surface area contributed by atoms with Gasteiger partial charge in [-0.3, -0.25) is 9.59 Å². The van der Waals surface area contributed by atoms with Gasteiger partial charge in [0.1, 0.15) is 18.5 Å². The SMILES string of the molecule is C[C@H]1C(=O)C(C#N)=C[C@@]2(C)c3c(c(-c4ccccc4N)nn3-c3ccc(-c4cnnc(CC[C@H]5C(=O)C(C#N)=C[C@@]6(C)c7c(c(-c8ccccc8N)nn7-c7ccc(-c8cncnc8)cc7)CC[C@H]56)c4)cc3)CC[C@H]12. The molecule has 0 spiro atoms. The summed E-state index contributed by atoms with van der Waals surface area (Å²) in [5.74, 6) is -1.20. The molecule has 0 radical (unpaired) electrons. The number of hydrogen-bond donors (Lipinski definition) is 2. The van der Waals surface area contributed by atoms with Crippen molar-refractivity contribution >= 4 is 22.9 Å². The summed E-state index contributed by atoms with van der Waals surface area (Å²) in [6.07, 6.45) is 14.4. The van der Waals surface area contributed by atoms with E-state index >= 15 is 0 Å². The van der Waals surface area contributed by atoms with E-state index in [9.17, 15) is 20.1 Å². The number of allylic oxidation sites excluding steroid dienone is 4. The lowest BCUT2D eigenvalue weighted by Crippen LogP contribution is -2.47. The van der Waals surface area contributed by atoms with Gasteiger partial charge in [0.25, 0.3) is 0 Å². The van der Waals surface area contributed by atoms with Gasteiger partial charge in [0.15, 0.2) is 11.6 Å². The molecular formula is C61H52N12O2. The number of nitrogens with zero attached hydrogens (tertiary/aromatic N) is 10. The Morgan fingerprint density at radius 3 is 1.69 bits per heavy atom. The van der Waals surface area contributed by atoms with Gasteiger partial charge in [-0.25, -0.2) is 19.3 Å². The lowest BCUT2D eigenvalue weighted by molar-refractivity contribution is -0.123. The molecule has 0 saturated carbocycles. The van der Waals surface area contributed by atoms with Crippen molar-refractivity contribution in [2.24, 2.45) is 23.7 Å². The van der Waals surface area contributed by atoms with Gasteiger partial charge in [-0.05, 0) is 104 Å². The second-order valence-corrected chi connectivity index (χ2v) is 20.9. The molecule has 4 aliphatic carbocycles. The van der Waals surface area contributed by atoms with Crippen molar-refractivity contribution in [2.75, 3.05) is 11.5 Å². The number of nitriles is 2. The van der Waals surface area contributed by atoms with Crippen LogP contribution in [0.1, 0.15) is 68.2 Å². The summed E-state index contributed by atoms with van der Waals surface area (Å²) >= 11 is 0. The molecule has 0 bridgehead atoms. The Kier molecular flexibility index (Phi) is 11.3. The minimum absolute atomic E-state index is 0.0155. The van der Waals surface area contributed by atoms with Gasteiger partial charge in [0.05, 0.1) is 57.2 Å². The van der Waals surface area contributed by atoms with Crippen LogP contribution in [0.5, 0.6) is 0 Å². The molecule has 4 aromatic carbocycles.